The van der Waals surface area contributed by atoms with Gasteiger partial charge in [0.1, 0.15) is 0 Å². The number of benzene rings is 2. The zero-order valence-corrected chi connectivity index (χ0v) is 26.5. The molecule has 2 aromatic carbocycles. The third-order valence-corrected chi connectivity index (χ3v) is 21.4. The number of halogens is 2. The molecule has 2 aliphatic rings. The van der Waals surface area contributed by atoms with Crippen LogP contribution in [0, 0.1) is 10.8 Å². The summed E-state index contributed by atoms with van der Waals surface area (Å²) in [5.41, 5.74) is 9.77. The van der Waals surface area contributed by atoms with Gasteiger partial charge in [0.25, 0.3) is 0 Å². The summed E-state index contributed by atoms with van der Waals surface area (Å²) >= 11 is -2.06. The summed E-state index contributed by atoms with van der Waals surface area (Å²) in [6.07, 6.45) is 5.41. The van der Waals surface area contributed by atoms with Crippen molar-refractivity contribution in [3.05, 3.63) is 82.9 Å². The molecule has 0 saturated carbocycles. The van der Waals surface area contributed by atoms with Gasteiger partial charge in [-0.3, -0.25) is 0 Å². The van der Waals surface area contributed by atoms with Gasteiger partial charge in [-0.1, -0.05) is 0 Å². The van der Waals surface area contributed by atoms with Crippen molar-refractivity contribution in [3.63, 3.8) is 0 Å². The molecule has 2 unspecified atom stereocenters. The number of fused-ring (bicyclic) bond motifs is 2. The van der Waals surface area contributed by atoms with E-state index in [0.29, 0.717) is 7.25 Å². The van der Waals surface area contributed by atoms with Gasteiger partial charge in [0, 0.05) is 0 Å². The Labute approximate surface area is 223 Å². The van der Waals surface area contributed by atoms with E-state index in [4.69, 9.17) is 0 Å². The fraction of sp³-hybridized carbons (Fsp3) is 0.414. The molecule has 2 atom stereocenters. The van der Waals surface area contributed by atoms with Crippen LogP contribution in [0.15, 0.2) is 60.7 Å². The van der Waals surface area contributed by atoms with Crippen molar-refractivity contribution in [3.8, 4) is 0 Å². The maximum absolute atomic E-state index is 2.95. The molecule has 0 aromatic heterocycles. The van der Waals surface area contributed by atoms with E-state index in [0.717, 1.165) is 0 Å². The smallest absolute Gasteiger partial charge is 1.00 e. The molecule has 0 bridgehead atoms. The van der Waals surface area contributed by atoms with Crippen LogP contribution < -0.4 is 24.8 Å². The van der Waals surface area contributed by atoms with Gasteiger partial charge in [0.05, 0.1) is 0 Å². The normalized spacial score (nSPS) is 18.8. The molecule has 2 aromatic rings. The Balaban J connectivity index is 0.00000193. The number of hydrogen-bond acceptors (Lipinski definition) is 0. The van der Waals surface area contributed by atoms with Gasteiger partial charge >= 0.3 is 200 Å². The molecule has 0 aliphatic heterocycles. The van der Waals surface area contributed by atoms with Crippen molar-refractivity contribution in [2.24, 2.45) is 10.8 Å². The van der Waals surface area contributed by atoms with E-state index in [2.05, 4.69) is 119 Å². The average molecular weight is 577 g/mol. The molecule has 4 rings (SSSR count). The minimum absolute atomic E-state index is 0. The Morgan fingerprint density at radius 2 is 1.03 bits per heavy atom. The number of allylic oxidation sites excluding steroid dienone is 4. The van der Waals surface area contributed by atoms with Crippen molar-refractivity contribution in [1.82, 2.24) is 0 Å². The van der Waals surface area contributed by atoms with Crippen LogP contribution in [-0.4, -0.2) is 12.1 Å². The monoisotopic (exact) mass is 574 g/mol. The van der Waals surface area contributed by atoms with E-state index in [9.17, 15) is 0 Å². The zero-order valence-electron chi connectivity index (χ0n) is 21.3. The van der Waals surface area contributed by atoms with Crippen molar-refractivity contribution in [2.45, 2.75) is 61.9 Å². The quantitative estimate of drug-likeness (QED) is 0.490. The van der Waals surface area contributed by atoms with Crippen LogP contribution in [0.1, 0.15) is 71.0 Å². The molecule has 0 fully saturated rings. The summed E-state index contributed by atoms with van der Waals surface area (Å²) in [4.78, 5) is 0. The second-order valence-corrected chi connectivity index (χ2v) is 22.5. The summed E-state index contributed by atoms with van der Waals surface area (Å²) in [6, 6.07) is 18.6. The first-order valence-electron chi connectivity index (χ1n) is 11.8. The van der Waals surface area contributed by atoms with Crippen LogP contribution >= 0.6 is 0 Å². The van der Waals surface area contributed by atoms with Gasteiger partial charge in [-0.25, -0.2) is 0 Å². The van der Waals surface area contributed by atoms with Crippen LogP contribution in [-0.2, 0) is 21.3 Å². The largest absolute Gasteiger partial charge is 1.00 e. The Morgan fingerprint density at radius 1 is 0.667 bits per heavy atom. The maximum atomic E-state index is 2.95. The zero-order chi connectivity index (χ0) is 22.6. The Morgan fingerprint density at radius 3 is 1.36 bits per heavy atom. The average Bonchev–Trinajstić information content (AvgIpc) is 3.25. The summed E-state index contributed by atoms with van der Waals surface area (Å²) in [6.45, 7) is 19.3. The molecule has 0 heterocycles. The van der Waals surface area contributed by atoms with Gasteiger partial charge < -0.3 is 24.8 Å². The van der Waals surface area contributed by atoms with Gasteiger partial charge in [-0.05, 0) is 0 Å². The third-order valence-electron chi connectivity index (χ3n) is 6.70. The first kappa shape index (κ1) is 28.7. The Kier molecular flexibility index (Phi) is 9.23. The molecule has 4 heteroatoms. The van der Waals surface area contributed by atoms with Gasteiger partial charge in [0.15, 0.2) is 0 Å². The molecule has 0 radical (unpaired) electrons. The van der Waals surface area contributed by atoms with Crippen molar-refractivity contribution >= 4 is 23.3 Å². The molecule has 176 valence electrons. The predicted octanol–water partition coefficient (Wildman–Crippen LogP) is 1.81. The fourth-order valence-corrected chi connectivity index (χ4v) is 21.0. The summed E-state index contributed by atoms with van der Waals surface area (Å²) in [5, 5.41) is 0. The molecular formula is C29H38Cl2SiZr. The van der Waals surface area contributed by atoms with Crippen molar-refractivity contribution in [2.75, 3.05) is 0 Å². The predicted molar refractivity (Wildman–Crippen MR) is 138 cm³/mol. The fourth-order valence-electron chi connectivity index (χ4n) is 5.36. The van der Waals surface area contributed by atoms with Crippen LogP contribution in [0.2, 0.25) is 13.1 Å². The standard InChI is InChI=1S/2C13H15.C3H8Si.2ClH.Zr/c2*1-13(2,3)12-9-8-10-6-4-5-7-11(10)12;1-4(2)3;;;/h2*4-9H,1-3H3;1,4H,2-3H3;2*1H;/q;;;;;+2/p-2. The molecule has 0 spiro atoms. The molecular weight excluding hydrogens is 539 g/mol. The van der Waals surface area contributed by atoms with E-state index in [1.807, 2.05) is 0 Å². The Bertz CT molecular complexity index is 1020. The Hall–Kier alpha value is -0.530. The third kappa shape index (κ3) is 5.66. The van der Waals surface area contributed by atoms with E-state index >= 15 is 0 Å². The number of rotatable bonds is 3. The summed E-state index contributed by atoms with van der Waals surface area (Å²) < 4.78 is 4.25. The van der Waals surface area contributed by atoms with Crippen LogP contribution in [0.3, 0.4) is 0 Å². The van der Waals surface area contributed by atoms with Crippen LogP contribution in [0.25, 0.3) is 11.1 Å². The van der Waals surface area contributed by atoms with E-state index in [1.54, 1.807) is 22.3 Å². The molecule has 0 saturated heterocycles. The molecule has 0 nitrogen and oxygen atoms in total. The summed E-state index contributed by atoms with van der Waals surface area (Å²) in [7, 11) is -0.790. The summed E-state index contributed by atoms with van der Waals surface area (Å²) in [5.74, 6) is 0. The maximum Gasteiger partial charge on any atom is -1.00 e. The second-order valence-electron chi connectivity index (χ2n) is 11.7. The second kappa shape index (κ2) is 10.6. The minimum Gasteiger partial charge on any atom is -1.00 e. The van der Waals surface area contributed by atoms with E-state index in [1.165, 1.54) is 11.1 Å². The topological polar surface area (TPSA) is 0 Å². The molecule has 2 aliphatic carbocycles. The first-order chi connectivity index (χ1) is 14.5. The number of hydrogen-bond donors (Lipinski definition) is 0. The molecule has 0 N–H and O–H groups in total. The van der Waals surface area contributed by atoms with Gasteiger partial charge in [0.2, 0.25) is 0 Å². The minimum atomic E-state index is -2.06. The SMILES string of the molecule is C[SiH](C)[CH]=[Zr+2]([CH]1C=C(C(C)(C)C)c2ccccc21)[CH]1C=C(C(C)(C)C)c2ccccc21.[Cl-].[Cl-]. The van der Waals surface area contributed by atoms with Crippen molar-refractivity contribution in [1.29, 1.82) is 0 Å². The van der Waals surface area contributed by atoms with Crippen molar-refractivity contribution < 1.29 is 46.1 Å². The first-order valence-corrected chi connectivity index (χ1v) is 19.1. The van der Waals surface area contributed by atoms with E-state index < -0.39 is 30.1 Å². The van der Waals surface area contributed by atoms with Gasteiger partial charge in [-0.2, -0.15) is 0 Å². The van der Waals surface area contributed by atoms with Gasteiger partial charge in [-0.15, -0.1) is 0 Å². The van der Waals surface area contributed by atoms with Crippen LogP contribution in [0.5, 0.6) is 0 Å². The molecule has 0 amide bonds. The van der Waals surface area contributed by atoms with Crippen LogP contribution in [0.4, 0.5) is 0 Å². The molecule has 33 heavy (non-hydrogen) atoms. The van der Waals surface area contributed by atoms with E-state index in [-0.39, 0.29) is 35.6 Å².